The highest BCUT2D eigenvalue weighted by molar-refractivity contribution is 14.0. The molecule has 1 aromatic carbocycles. The van der Waals surface area contributed by atoms with E-state index in [1.165, 1.54) is 5.56 Å². The first-order valence-electron chi connectivity index (χ1n) is 6.35. The van der Waals surface area contributed by atoms with Crippen LogP contribution in [-0.4, -0.2) is 25.1 Å². The maximum absolute atomic E-state index is 6.01. The summed E-state index contributed by atoms with van der Waals surface area (Å²) in [5.41, 5.74) is 1.31. The molecule has 2 atom stereocenters. The van der Waals surface area contributed by atoms with Gasteiger partial charge in [0.2, 0.25) is 0 Å². The lowest BCUT2D eigenvalue weighted by atomic mass is 10.1. The molecule has 0 aliphatic heterocycles. The van der Waals surface area contributed by atoms with Crippen molar-refractivity contribution < 1.29 is 0 Å². The Kier molecular flexibility index (Phi) is 6.39. The minimum Gasteiger partial charge on any atom is -0.354 e. The number of halogens is 2. The molecule has 3 nitrogen and oxygen atoms in total. The average molecular weight is 394 g/mol. The summed E-state index contributed by atoms with van der Waals surface area (Å²) in [6.07, 6.45) is 1.14. The van der Waals surface area contributed by atoms with Crippen molar-refractivity contribution in [2.75, 3.05) is 7.05 Å². The van der Waals surface area contributed by atoms with Gasteiger partial charge in [-0.1, -0.05) is 23.7 Å². The molecule has 2 unspecified atom stereocenters. The van der Waals surface area contributed by atoms with Gasteiger partial charge in [-0.2, -0.15) is 0 Å². The van der Waals surface area contributed by atoms with Gasteiger partial charge < -0.3 is 10.6 Å². The van der Waals surface area contributed by atoms with E-state index in [0.29, 0.717) is 18.0 Å². The molecule has 0 amide bonds. The first kappa shape index (κ1) is 16.6. The number of hydrogen-bond acceptors (Lipinski definition) is 1. The highest BCUT2D eigenvalue weighted by atomic mass is 127. The summed E-state index contributed by atoms with van der Waals surface area (Å²) in [5, 5.41) is 7.54. The fraction of sp³-hybridized carbons (Fsp3) is 0.500. The van der Waals surface area contributed by atoms with E-state index in [9.17, 15) is 0 Å². The lowest BCUT2D eigenvalue weighted by Crippen LogP contribution is -2.42. The Morgan fingerprint density at radius 2 is 2.16 bits per heavy atom. The number of nitrogens with one attached hydrogen (secondary N) is 2. The first-order valence-corrected chi connectivity index (χ1v) is 6.73. The lowest BCUT2D eigenvalue weighted by Gasteiger charge is -2.14. The maximum atomic E-state index is 6.01. The predicted molar refractivity (Wildman–Crippen MR) is 92.8 cm³/mol. The molecule has 0 spiro atoms. The van der Waals surface area contributed by atoms with E-state index in [1.54, 1.807) is 7.05 Å². The van der Waals surface area contributed by atoms with E-state index in [0.717, 1.165) is 17.4 Å². The van der Waals surface area contributed by atoms with Gasteiger partial charge in [0.05, 0.1) is 0 Å². The van der Waals surface area contributed by atoms with Crippen LogP contribution in [0.3, 0.4) is 0 Å². The van der Waals surface area contributed by atoms with Crippen LogP contribution in [0.5, 0.6) is 0 Å². The van der Waals surface area contributed by atoms with Gasteiger partial charge in [-0.3, -0.25) is 4.99 Å². The van der Waals surface area contributed by atoms with Crippen LogP contribution in [0.2, 0.25) is 5.02 Å². The summed E-state index contributed by atoms with van der Waals surface area (Å²) in [6, 6.07) is 8.96. The third-order valence-corrected chi connectivity index (χ3v) is 3.27. The third kappa shape index (κ3) is 4.84. The minimum absolute atomic E-state index is 0. The normalized spacial score (nSPS) is 21.8. The molecule has 1 aliphatic rings. The molecule has 2 N–H and O–H groups in total. The van der Waals surface area contributed by atoms with Crippen LogP contribution in [0.1, 0.15) is 31.7 Å². The second kappa shape index (κ2) is 7.33. The number of aliphatic imine (C=N–C) groups is 1. The monoisotopic (exact) mass is 393 g/mol. The van der Waals surface area contributed by atoms with Crippen LogP contribution >= 0.6 is 35.6 Å². The molecular weight excluding hydrogens is 373 g/mol. The molecule has 19 heavy (non-hydrogen) atoms. The molecular formula is C14H21ClIN3. The number of nitrogens with zero attached hydrogens (tertiary/aromatic N) is 1. The van der Waals surface area contributed by atoms with Crippen molar-refractivity contribution in [3.63, 3.8) is 0 Å². The number of benzene rings is 1. The molecule has 1 aliphatic carbocycles. The molecule has 2 rings (SSSR count). The lowest BCUT2D eigenvalue weighted by molar-refractivity contribution is 0.695. The third-order valence-electron chi connectivity index (χ3n) is 3.04. The van der Waals surface area contributed by atoms with Gasteiger partial charge in [0, 0.05) is 30.1 Å². The van der Waals surface area contributed by atoms with Gasteiger partial charge in [-0.25, -0.2) is 0 Å². The molecule has 0 bridgehead atoms. The molecule has 0 aromatic heterocycles. The van der Waals surface area contributed by atoms with Crippen LogP contribution in [-0.2, 0) is 0 Å². The van der Waals surface area contributed by atoms with Gasteiger partial charge in [0.15, 0.2) is 5.96 Å². The van der Waals surface area contributed by atoms with Crippen LogP contribution in [0.4, 0.5) is 0 Å². The summed E-state index contributed by atoms with van der Waals surface area (Å²) in [6.45, 7) is 4.21. The Labute approximate surface area is 137 Å². The fourth-order valence-electron chi connectivity index (χ4n) is 2.08. The van der Waals surface area contributed by atoms with Crippen molar-refractivity contribution in [1.29, 1.82) is 0 Å². The highest BCUT2D eigenvalue weighted by Gasteiger charge is 2.39. The van der Waals surface area contributed by atoms with Crippen molar-refractivity contribution in [3.8, 4) is 0 Å². The van der Waals surface area contributed by atoms with Crippen LogP contribution in [0, 0.1) is 0 Å². The Bertz CT molecular complexity index is 448. The highest BCUT2D eigenvalue weighted by Crippen LogP contribution is 2.41. The maximum Gasteiger partial charge on any atom is 0.191 e. The van der Waals surface area contributed by atoms with E-state index < -0.39 is 0 Å². The predicted octanol–water partition coefficient (Wildman–Crippen LogP) is 3.39. The van der Waals surface area contributed by atoms with E-state index in [2.05, 4.69) is 35.5 Å². The topological polar surface area (TPSA) is 36.4 Å². The molecule has 1 saturated carbocycles. The van der Waals surface area contributed by atoms with Gasteiger partial charge in [-0.15, -0.1) is 24.0 Å². The molecule has 0 heterocycles. The van der Waals surface area contributed by atoms with Crippen molar-refractivity contribution in [3.05, 3.63) is 34.9 Å². The van der Waals surface area contributed by atoms with Crippen molar-refractivity contribution in [1.82, 2.24) is 10.6 Å². The van der Waals surface area contributed by atoms with E-state index in [1.807, 2.05) is 18.2 Å². The number of guanidine groups is 1. The second-order valence-electron chi connectivity index (χ2n) is 5.02. The smallest absolute Gasteiger partial charge is 0.191 e. The van der Waals surface area contributed by atoms with Crippen LogP contribution in [0.25, 0.3) is 0 Å². The Morgan fingerprint density at radius 1 is 1.42 bits per heavy atom. The quantitative estimate of drug-likeness (QED) is 0.469. The summed E-state index contributed by atoms with van der Waals surface area (Å²) in [4.78, 5) is 4.22. The zero-order valence-corrected chi connectivity index (χ0v) is 14.6. The molecule has 106 valence electrons. The van der Waals surface area contributed by atoms with Crippen molar-refractivity contribution in [2.45, 2.75) is 38.3 Å². The Balaban J connectivity index is 0.00000180. The first-order chi connectivity index (χ1) is 8.60. The molecule has 0 radical (unpaired) electrons. The van der Waals surface area contributed by atoms with Crippen molar-refractivity contribution >= 4 is 41.5 Å². The standard InChI is InChI=1S/C14H20ClN3.HI/c1-9(2)17-14(16-3)18-13-8-12(13)10-5-4-6-11(15)7-10;/h4-7,9,12-13H,8H2,1-3H3,(H2,16,17,18);1H. The van der Waals surface area contributed by atoms with Crippen LogP contribution < -0.4 is 10.6 Å². The van der Waals surface area contributed by atoms with E-state index >= 15 is 0 Å². The fourth-order valence-corrected chi connectivity index (χ4v) is 2.28. The summed E-state index contributed by atoms with van der Waals surface area (Å²) < 4.78 is 0. The van der Waals surface area contributed by atoms with Crippen molar-refractivity contribution in [2.24, 2.45) is 4.99 Å². The molecule has 5 heteroatoms. The summed E-state index contributed by atoms with van der Waals surface area (Å²) in [5.74, 6) is 1.42. The number of hydrogen-bond donors (Lipinski definition) is 2. The van der Waals surface area contributed by atoms with E-state index in [4.69, 9.17) is 11.6 Å². The van der Waals surface area contributed by atoms with Gasteiger partial charge >= 0.3 is 0 Å². The zero-order valence-electron chi connectivity index (χ0n) is 11.5. The Hall–Kier alpha value is -0.490. The van der Waals surface area contributed by atoms with E-state index in [-0.39, 0.29) is 24.0 Å². The second-order valence-corrected chi connectivity index (χ2v) is 5.46. The Morgan fingerprint density at radius 3 is 2.74 bits per heavy atom. The van der Waals surface area contributed by atoms with Gasteiger partial charge in [0.1, 0.15) is 0 Å². The van der Waals surface area contributed by atoms with Crippen LogP contribution in [0.15, 0.2) is 29.3 Å². The average Bonchev–Trinajstić information content (AvgIpc) is 3.07. The molecule has 0 saturated heterocycles. The SMILES string of the molecule is CN=C(NC(C)C)NC1CC1c1cccc(Cl)c1.I. The largest absolute Gasteiger partial charge is 0.354 e. The summed E-state index contributed by atoms with van der Waals surface area (Å²) in [7, 11) is 1.80. The summed E-state index contributed by atoms with van der Waals surface area (Å²) >= 11 is 6.01. The number of rotatable bonds is 3. The van der Waals surface area contributed by atoms with Gasteiger partial charge in [-0.05, 0) is 38.0 Å². The van der Waals surface area contributed by atoms with Gasteiger partial charge in [0.25, 0.3) is 0 Å². The zero-order chi connectivity index (χ0) is 13.1. The molecule has 1 aromatic rings. The molecule has 1 fully saturated rings. The minimum atomic E-state index is 0.